The van der Waals surface area contributed by atoms with Crippen LogP contribution in [-0.4, -0.2) is 42.1 Å². The van der Waals surface area contributed by atoms with Crippen LogP contribution in [-0.2, 0) is 9.84 Å². The number of hydrogen-bond donors (Lipinski definition) is 1. The Hall–Kier alpha value is -1.08. The Balaban J connectivity index is 2.11. The van der Waals surface area contributed by atoms with Crippen molar-refractivity contribution in [1.29, 1.82) is 0 Å². The molecule has 0 spiro atoms. The topological polar surface area (TPSA) is 76.1 Å². The van der Waals surface area contributed by atoms with E-state index in [2.05, 4.69) is 10.3 Å². The quantitative estimate of drug-likeness (QED) is 0.852. The summed E-state index contributed by atoms with van der Waals surface area (Å²) < 4.78 is 23.1. The Kier molecular flexibility index (Phi) is 4.39. The largest absolute Gasteiger partial charge is 0.346 e. The van der Waals surface area contributed by atoms with Crippen molar-refractivity contribution in [2.45, 2.75) is 30.8 Å². The lowest BCUT2D eigenvalue weighted by Crippen LogP contribution is -2.46. The number of sulfone groups is 1. The SMILES string of the molecule is CCSc1cc(C(=O)NC2(C)CCS(=O)(=O)C2)ccn1. The van der Waals surface area contributed by atoms with Crippen LogP contribution in [0.25, 0.3) is 0 Å². The Morgan fingerprint density at radius 2 is 2.30 bits per heavy atom. The van der Waals surface area contributed by atoms with E-state index in [4.69, 9.17) is 0 Å². The summed E-state index contributed by atoms with van der Waals surface area (Å²) in [7, 11) is -3.03. The van der Waals surface area contributed by atoms with Gasteiger partial charge in [0.15, 0.2) is 9.84 Å². The monoisotopic (exact) mass is 314 g/mol. The highest BCUT2D eigenvalue weighted by Gasteiger charge is 2.39. The van der Waals surface area contributed by atoms with Crippen LogP contribution >= 0.6 is 11.8 Å². The van der Waals surface area contributed by atoms with Gasteiger partial charge in [-0.25, -0.2) is 13.4 Å². The van der Waals surface area contributed by atoms with Crippen molar-refractivity contribution in [1.82, 2.24) is 10.3 Å². The van der Waals surface area contributed by atoms with Crippen LogP contribution in [0.1, 0.15) is 30.6 Å². The fourth-order valence-corrected chi connectivity index (χ4v) is 4.97. The van der Waals surface area contributed by atoms with Gasteiger partial charge in [-0.15, -0.1) is 11.8 Å². The molecule has 1 saturated heterocycles. The molecule has 0 bridgehead atoms. The second-order valence-electron chi connectivity index (χ2n) is 5.17. The van der Waals surface area contributed by atoms with Crippen LogP contribution < -0.4 is 5.32 Å². The summed E-state index contributed by atoms with van der Waals surface area (Å²) in [6, 6.07) is 3.37. The van der Waals surface area contributed by atoms with Gasteiger partial charge >= 0.3 is 0 Å². The molecule has 1 N–H and O–H groups in total. The van der Waals surface area contributed by atoms with E-state index in [0.29, 0.717) is 12.0 Å². The molecular formula is C13H18N2O3S2. The molecule has 0 radical (unpaired) electrons. The molecule has 5 nitrogen and oxygen atoms in total. The number of aromatic nitrogens is 1. The molecule has 2 heterocycles. The van der Waals surface area contributed by atoms with Crippen LogP contribution in [0.4, 0.5) is 0 Å². The predicted octanol–water partition coefficient (Wildman–Crippen LogP) is 1.50. The van der Waals surface area contributed by atoms with Gasteiger partial charge in [0.2, 0.25) is 0 Å². The maximum atomic E-state index is 12.2. The first-order valence-corrected chi connectivity index (χ1v) is 9.26. The van der Waals surface area contributed by atoms with Gasteiger partial charge in [-0.05, 0) is 31.2 Å². The minimum atomic E-state index is -3.03. The van der Waals surface area contributed by atoms with Crippen LogP contribution in [0.3, 0.4) is 0 Å². The Bertz CT molecular complexity index is 616. The molecule has 1 aromatic heterocycles. The maximum Gasteiger partial charge on any atom is 0.251 e. The van der Waals surface area contributed by atoms with E-state index in [1.165, 1.54) is 0 Å². The number of pyridine rings is 1. The normalized spacial score (nSPS) is 24.5. The molecule has 0 aliphatic carbocycles. The van der Waals surface area contributed by atoms with Crippen LogP contribution in [0, 0.1) is 0 Å². The first kappa shape index (κ1) is 15.3. The summed E-state index contributed by atoms with van der Waals surface area (Å²) >= 11 is 1.56. The third-order valence-corrected chi connectivity index (χ3v) is 5.92. The molecule has 1 aliphatic rings. The second-order valence-corrected chi connectivity index (χ2v) is 8.64. The van der Waals surface area contributed by atoms with E-state index in [9.17, 15) is 13.2 Å². The molecule has 1 amide bonds. The standard InChI is InChI=1S/C13H18N2O3S2/c1-3-19-11-8-10(4-6-14-11)12(16)15-13(2)5-7-20(17,18)9-13/h4,6,8H,3,5,7,9H2,1-2H3,(H,15,16). The van der Waals surface area contributed by atoms with Crippen LogP contribution in [0.2, 0.25) is 0 Å². The smallest absolute Gasteiger partial charge is 0.251 e. The minimum Gasteiger partial charge on any atom is -0.346 e. The van der Waals surface area contributed by atoms with E-state index in [0.717, 1.165) is 10.8 Å². The van der Waals surface area contributed by atoms with Crippen molar-refractivity contribution >= 4 is 27.5 Å². The fraction of sp³-hybridized carbons (Fsp3) is 0.538. The zero-order valence-electron chi connectivity index (χ0n) is 11.5. The third kappa shape index (κ3) is 3.73. The summed E-state index contributed by atoms with van der Waals surface area (Å²) in [6.07, 6.45) is 2.06. The molecule has 0 aromatic carbocycles. The number of hydrogen-bond acceptors (Lipinski definition) is 5. The number of thioether (sulfide) groups is 1. The van der Waals surface area contributed by atoms with Crippen LogP contribution in [0.15, 0.2) is 23.4 Å². The molecule has 1 fully saturated rings. The lowest BCUT2D eigenvalue weighted by molar-refractivity contribution is 0.0915. The van der Waals surface area contributed by atoms with E-state index in [1.54, 1.807) is 37.0 Å². The lowest BCUT2D eigenvalue weighted by atomic mass is 10.0. The van der Waals surface area contributed by atoms with Crippen molar-refractivity contribution in [2.75, 3.05) is 17.3 Å². The summed E-state index contributed by atoms with van der Waals surface area (Å²) in [4.78, 5) is 16.4. The van der Waals surface area contributed by atoms with E-state index in [1.807, 2.05) is 6.92 Å². The van der Waals surface area contributed by atoms with Gasteiger partial charge in [0.1, 0.15) is 0 Å². The number of nitrogens with zero attached hydrogens (tertiary/aromatic N) is 1. The van der Waals surface area contributed by atoms with Crippen molar-refractivity contribution in [3.8, 4) is 0 Å². The maximum absolute atomic E-state index is 12.2. The van der Waals surface area contributed by atoms with Crippen molar-refractivity contribution in [3.63, 3.8) is 0 Å². The summed E-state index contributed by atoms with van der Waals surface area (Å²) in [6.45, 7) is 3.79. The van der Waals surface area contributed by atoms with Gasteiger partial charge in [0.25, 0.3) is 5.91 Å². The number of carbonyl (C=O) groups is 1. The average molecular weight is 314 g/mol. The molecule has 20 heavy (non-hydrogen) atoms. The van der Waals surface area contributed by atoms with Gasteiger partial charge < -0.3 is 5.32 Å². The zero-order valence-corrected chi connectivity index (χ0v) is 13.2. The fourth-order valence-electron chi connectivity index (χ4n) is 2.23. The van der Waals surface area contributed by atoms with E-state index >= 15 is 0 Å². The number of carbonyl (C=O) groups excluding carboxylic acids is 1. The number of nitrogens with one attached hydrogen (secondary N) is 1. The summed E-state index contributed by atoms with van der Waals surface area (Å²) in [5.41, 5.74) is -0.154. The van der Waals surface area contributed by atoms with Gasteiger partial charge in [-0.3, -0.25) is 4.79 Å². The first-order chi connectivity index (χ1) is 9.34. The Morgan fingerprint density at radius 3 is 2.90 bits per heavy atom. The molecule has 1 unspecified atom stereocenters. The zero-order chi connectivity index (χ0) is 14.8. The van der Waals surface area contributed by atoms with Crippen molar-refractivity contribution in [2.24, 2.45) is 0 Å². The highest BCUT2D eigenvalue weighted by Crippen LogP contribution is 2.23. The average Bonchev–Trinajstić information content (AvgIpc) is 2.64. The van der Waals surface area contributed by atoms with Crippen molar-refractivity contribution in [3.05, 3.63) is 23.9 Å². The highest BCUT2D eigenvalue weighted by atomic mass is 32.2. The molecule has 2 rings (SSSR count). The van der Waals surface area contributed by atoms with E-state index in [-0.39, 0.29) is 17.4 Å². The third-order valence-electron chi connectivity index (χ3n) is 3.21. The van der Waals surface area contributed by atoms with Gasteiger partial charge in [-0.1, -0.05) is 6.92 Å². The van der Waals surface area contributed by atoms with Gasteiger partial charge in [0.05, 0.1) is 22.1 Å². The Morgan fingerprint density at radius 1 is 1.55 bits per heavy atom. The van der Waals surface area contributed by atoms with Crippen LogP contribution in [0.5, 0.6) is 0 Å². The molecule has 0 saturated carbocycles. The lowest BCUT2D eigenvalue weighted by Gasteiger charge is -2.23. The van der Waals surface area contributed by atoms with Crippen molar-refractivity contribution < 1.29 is 13.2 Å². The molecule has 1 aromatic rings. The minimum absolute atomic E-state index is 0.00733. The molecule has 7 heteroatoms. The summed E-state index contributed by atoms with van der Waals surface area (Å²) in [5, 5.41) is 3.64. The molecule has 1 atom stereocenters. The molecule has 110 valence electrons. The first-order valence-electron chi connectivity index (χ1n) is 6.45. The Labute approximate surface area is 123 Å². The van der Waals surface area contributed by atoms with E-state index < -0.39 is 15.4 Å². The van der Waals surface area contributed by atoms with Gasteiger partial charge in [0, 0.05) is 11.8 Å². The number of amides is 1. The predicted molar refractivity (Wildman–Crippen MR) is 79.8 cm³/mol. The second kappa shape index (κ2) is 5.73. The summed E-state index contributed by atoms with van der Waals surface area (Å²) in [5.74, 6) is 0.781. The highest BCUT2D eigenvalue weighted by molar-refractivity contribution is 7.99. The molecular weight excluding hydrogens is 296 g/mol. The molecule has 1 aliphatic heterocycles. The number of rotatable bonds is 4. The van der Waals surface area contributed by atoms with Gasteiger partial charge in [-0.2, -0.15) is 0 Å².